The Morgan fingerprint density at radius 2 is 1.76 bits per heavy atom. The fourth-order valence-corrected chi connectivity index (χ4v) is 3.12. The SMILES string of the molecule is COc1ccc(C(N)c2ccc(Br)cc2C)c(OC)c1Cl. The molecule has 2 N–H and O–H groups in total. The van der Waals surface area contributed by atoms with Crippen molar-refractivity contribution < 1.29 is 9.47 Å². The van der Waals surface area contributed by atoms with Gasteiger partial charge in [0.25, 0.3) is 0 Å². The van der Waals surface area contributed by atoms with E-state index in [9.17, 15) is 0 Å². The molecule has 1 unspecified atom stereocenters. The lowest BCUT2D eigenvalue weighted by atomic mass is 9.95. The molecule has 0 aliphatic heterocycles. The first-order valence-electron chi connectivity index (χ1n) is 6.41. The Labute approximate surface area is 138 Å². The number of benzene rings is 2. The Morgan fingerprint density at radius 1 is 1.10 bits per heavy atom. The number of aryl methyl sites for hydroxylation is 1. The summed E-state index contributed by atoms with van der Waals surface area (Å²) < 4.78 is 11.7. The number of hydrogen-bond acceptors (Lipinski definition) is 3. The summed E-state index contributed by atoms with van der Waals surface area (Å²) in [6.07, 6.45) is 0. The molecule has 0 heterocycles. The molecule has 2 aromatic rings. The van der Waals surface area contributed by atoms with E-state index in [1.165, 1.54) is 0 Å². The largest absolute Gasteiger partial charge is 0.495 e. The van der Waals surface area contributed by atoms with Crippen LogP contribution in [-0.2, 0) is 0 Å². The number of rotatable bonds is 4. The Bertz CT molecular complexity index is 661. The molecule has 112 valence electrons. The third-order valence-corrected chi connectivity index (χ3v) is 4.27. The van der Waals surface area contributed by atoms with Crippen LogP contribution in [0.15, 0.2) is 34.8 Å². The third-order valence-electron chi connectivity index (χ3n) is 3.42. The topological polar surface area (TPSA) is 44.5 Å². The van der Waals surface area contributed by atoms with E-state index in [0.717, 1.165) is 21.2 Å². The fraction of sp³-hybridized carbons (Fsp3) is 0.250. The molecule has 21 heavy (non-hydrogen) atoms. The Hall–Kier alpha value is -1.23. The molecule has 0 spiro atoms. The number of methoxy groups -OCH3 is 2. The summed E-state index contributed by atoms with van der Waals surface area (Å²) in [6, 6.07) is 9.37. The van der Waals surface area contributed by atoms with Crippen LogP contribution >= 0.6 is 27.5 Å². The van der Waals surface area contributed by atoms with Gasteiger partial charge in [-0.3, -0.25) is 0 Å². The standard InChI is InChI=1S/C16H17BrClNO2/c1-9-8-10(17)4-5-11(9)15(19)12-6-7-13(20-2)14(18)16(12)21-3/h4-8,15H,19H2,1-3H3. The first-order chi connectivity index (χ1) is 9.99. The van der Waals surface area contributed by atoms with E-state index in [4.69, 9.17) is 26.8 Å². The number of hydrogen-bond donors (Lipinski definition) is 1. The Morgan fingerprint density at radius 3 is 2.33 bits per heavy atom. The molecule has 2 aromatic carbocycles. The van der Waals surface area contributed by atoms with Gasteiger partial charge >= 0.3 is 0 Å². The van der Waals surface area contributed by atoms with Crippen LogP contribution in [0.25, 0.3) is 0 Å². The summed E-state index contributed by atoms with van der Waals surface area (Å²) in [5, 5.41) is 0.433. The van der Waals surface area contributed by atoms with Gasteiger partial charge in [0.2, 0.25) is 0 Å². The lowest BCUT2D eigenvalue weighted by molar-refractivity contribution is 0.390. The van der Waals surface area contributed by atoms with E-state index in [1.54, 1.807) is 20.3 Å². The van der Waals surface area contributed by atoms with Crippen LogP contribution in [0.1, 0.15) is 22.7 Å². The third kappa shape index (κ3) is 3.18. The molecule has 0 saturated heterocycles. The summed E-state index contributed by atoms with van der Waals surface area (Å²) >= 11 is 9.75. The van der Waals surface area contributed by atoms with Gasteiger partial charge in [-0.1, -0.05) is 33.6 Å². The summed E-state index contributed by atoms with van der Waals surface area (Å²) in [4.78, 5) is 0. The smallest absolute Gasteiger partial charge is 0.146 e. The van der Waals surface area contributed by atoms with Crippen LogP contribution in [0.5, 0.6) is 11.5 Å². The van der Waals surface area contributed by atoms with Crippen molar-refractivity contribution in [3.63, 3.8) is 0 Å². The molecular formula is C16H17BrClNO2. The molecule has 0 saturated carbocycles. The average Bonchev–Trinajstić information content (AvgIpc) is 2.46. The molecule has 0 aromatic heterocycles. The molecule has 0 fully saturated rings. The predicted octanol–water partition coefficient (Wildman–Crippen LogP) is 4.48. The number of ether oxygens (including phenoxy) is 2. The van der Waals surface area contributed by atoms with Crippen LogP contribution in [0.2, 0.25) is 5.02 Å². The maximum atomic E-state index is 6.41. The molecule has 5 heteroatoms. The molecule has 0 amide bonds. The van der Waals surface area contributed by atoms with Gasteiger partial charge < -0.3 is 15.2 Å². The highest BCUT2D eigenvalue weighted by Gasteiger charge is 2.20. The monoisotopic (exact) mass is 369 g/mol. The zero-order valence-electron chi connectivity index (χ0n) is 12.1. The second-order valence-corrected chi connectivity index (χ2v) is 5.98. The highest BCUT2D eigenvalue weighted by atomic mass is 79.9. The van der Waals surface area contributed by atoms with Crippen LogP contribution in [0, 0.1) is 6.92 Å². The molecular weight excluding hydrogens is 354 g/mol. The number of halogens is 2. The molecule has 1 atom stereocenters. The van der Waals surface area contributed by atoms with Crippen molar-refractivity contribution >= 4 is 27.5 Å². The number of nitrogens with two attached hydrogens (primary N) is 1. The minimum absolute atomic E-state index is 0.323. The molecule has 3 nitrogen and oxygen atoms in total. The highest BCUT2D eigenvalue weighted by molar-refractivity contribution is 9.10. The van der Waals surface area contributed by atoms with Crippen molar-refractivity contribution in [3.8, 4) is 11.5 Å². The van der Waals surface area contributed by atoms with Gasteiger partial charge in [0.1, 0.15) is 16.5 Å². The summed E-state index contributed by atoms with van der Waals surface area (Å²) in [5.41, 5.74) is 9.37. The summed E-state index contributed by atoms with van der Waals surface area (Å²) in [7, 11) is 3.14. The van der Waals surface area contributed by atoms with E-state index in [2.05, 4.69) is 15.9 Å². The van der Waals surface area contributed by atoms with Crippen LogP contribution in [0.3, 0.4) is 0 Å². The quantitative estimate of drug-likeness (QED) is 0.863. The van der Waals surface area contributed by atoms with E-state index in [1.807, 2.05) is 31.2 Å². The molecule has 2 rings (SSSR count). The molecule has 0 radical (unpaired) electrons. The minimum atomic E-state index is -0.323. The predicted molar refractivity (Wildman–Crippen MR) is 89.5 cm³/mol. The normalized spacial score (nSPS) is 12.1. The maximum absolute atomic E-state index is 6.41. The zero-order chi connectivity index (χ0) is 15.6. The van der Waals surface area contributed by atoms with Gasteiger partial charge in [0, 0.05) is 10.0 Å². The van der Waals surface area contributed by atoms with Crippen molar-refractivity contribution in [3.05, 3.63) is 56.5 Å². The van der Waals surface area contributed by atoms with Crippen molar-refractivity contribution in [1.82, 2.24) is 0 Å². The van der Waals surface area contributed by atoms with Gasteiger partial charge in [0.05, 0.1) is 20.3 Å². The van der Waals surface area contributed by atoms with Crippen molar-refractivity contribution in [2.24, 2.45) is 5.73 Å². The van der Waals surface area contributed by atoms with Crippen LogP contribution in [0.4, 0.5) is 0 Å². The summed E-state index contributed by atoms with van der Waals surface area (Å²) in [6.45, 7) is 2.03. The highest BCUT2D eigenvalue weighted by Crippen LogP contribution is 2.40. The minimum Gasteiger partial charge on any atom is -0.495 e. The van der Waals surface area contributed by atoms with Crippen molar-refractivity contribution in [2.75, 3.05) is 14.2 Å². The van der Waals surface area contributed by atoms with Gasteiger partial charge in [-0.05, 0) is 42.3 Å². The van der Waals surface area contributed by atoms with Crippen molar-refractivity contribution in [1.29, 1.82) is 0 Å². The van der Waals surface area contributed by atoms with E-state index >= 15 is 0 Å². The summed E-state index contributed by atoms with van der Waals surface area (Å²) in [5.74, 6) is 1.11. The van der Waals surface area contributed by atoms with Gasteiger partial charge in [-0.2, -0.15) is 0 Å². The van der Waals surface area contributed by atoms with E-state index in [-0.39, 0.29) is 6.04 Å². The van der Waals surface area contributed by atoms with Gasteiger partial charge in [-0.15, -0.1) is 0 Å². The lowest BCUT2D eigenvalue weighted by Crippen LogP contribution is -2.14. The second-order valence-electron chi connectivity index (χ2n) is 4.68. The molecule has 0 aliphatic carbocycles. The Balaban J connectivity index is 2.52. The lowest BCUT2D eigenvalue weighted by Gasteiger charge is -2.20. The van der Waals surface area contributed by atoms with Gasteiger partial charge in [0.15, 0.2) is 0 Å². The van der Waals surface area contributed by atoms with E-state index in [0.29, 0.717) is 16.5 Å². The van der Waals surface area contributed by atoms with Crippen LogP contribution < -0.4 is 15.2 Å². The van der Waals surface area contributed by atoms with Crippen molar-refractivity contribution in [2.45, 2.75) is 13.0 Å². The van der Waals surface area contributed by atoms with Gasteiger partial charge in [-0.25, -0.2) is 0 Å². The first-order valence-corrected chi connectivity index (χ1v) is 7.58. The average molecular weight is 371 g/mol. The Kier molecular flexibility index (Phi) is 5.14. The second kappa shape index (κ2) is 6.69. The zero-order valence-corrected chi connectivity index (χ0v) is 14.5. The fourth-order valence-electron chi connectivity index (χ4n) is 2.32. The molecule has 0 aliphatic rings. The van der Waals surface area contributed by atoms with E-state index < -0.39 is 0 Å². The molecule has 0 bridgehead atoms. The maximum Gasteiger partial charge on any atom is 0.146 e. The van der Waals surface area contributed by atoms with Crippen LogP contribution in [-0.4, -0.2) is 14.2 Å². The first kappa shape index (κ1) is 16.1.